The number of aliphatic hydroxyl groups is 1. The highest BCUT2D eigenvalue weighted by atomic mass is 16.3. The molecule has 2 aliphatic rings. The zero-order chi connectivity index (χ0) is 11.8. The summed E-state index contributed by atoms with van der Waals surface area (Å²) in [6.45, 7) is 1.11. The van der Waals surface area contributed by atoms with Crippen LogP contribution in [-0.4, -0.2) is 44.5 Å². The summed E-state index contributed by atoms with van der Waals surface area (Å²) in [4.78, 5) is 2.61. The molecule has 17 heavy (non-hydrogen) atoms. The van der Waals surface area contributed by atoms with Crippen molar-refractivity contribution >= 4 is 0 Å². The number of nitrogens with zero attached hydrogens (tertiary/aromatic N) is 3. The smallest absolute Gasteiger partial charge is 0.0570 e. The van der Waals surface area contributed by atoms with Crippen LogP contribution < -0.4 is 0 Å². The first kappa shape index (κ1) is 11.2. The van der Waals surface area contributed by atoms with E-state index in [1.165, 1.54) is 18.5 Å². The Kier molecular flexibility index (Phi) is 2.92. The molecule has 3 rings (SSSR count). The van der Waals surface area contributed by atoms with Gasteiger partial charge in [0.2, 0.25) is 0 Å². The Balaban J connectivity index is 1.61. The normalized spacial score (nSPS) is 33.2. The zero-order valence-electron chi connectivity index (χ0n) is 10.4. The van der Waals surface area contributed by atoms with E-state index in [4.69, 9.17) is 0 Å². The summed E-state index contributed by atoms with van der Waals surface area (Å²) in [5, 5.41) is 14.0. The predicted octanol–water partition coefficient (Wildman–Crippen LogP) is 0.950. The van der Waals surface area contributed by atoms with Crippen LogP contribution in [0.1, 0.15) is 31.4 Å². The number of aliphatic hydroxyl groups excluding tert-OH is 1. The Morgan fingerprint density at radius 1 is 1.35 bits per heavy atom. The fraction of sp³-hybridized carbons (Fsp3) is 0.769. The maximum absolute atomic E-state index is 9.76. The highest BCUT2D eigenvalue weighted by molar-refractivity contribution is 5.02. The van der Waals surface area contributed by atoms with Crippen molar-refractivity contribution in [1.82, 2.24) is 14.7 Å². The topological polar surface area (TPSA) is 41.3 Å². The van der Waals surface area contributed by atoms with E-state index in [9.17, 15) is 5.11 Å². The summed E-state index contributed by atoms with van der Waals surface area (Å²) in [6.07, 6.45) is 7.37. The quantitative estimate of drug-likeness (QED) is 0.848. The Morgan fingerprint density at radius 2 is 2.06 bits per heavy atom. The van der Waals surface area contributed by atoms with Crippen molar-refractivity contribution in [3.05, 3.63) is 18.0 Å². The standard InChI is InChI=1S/C13H21N3O/c1-15-10(4-6-14-15)5-7-16-11-2-3-12(16)9-13(17)8-11/h4,6,11-13,17H,2-3,5,7-9H2,1H3. The molecule has 1 aromatic heterocycles. The molecule has 2 bridgehead atoms. The number of aryl methyl sites for hydroxylation is 1. The molecule has 1 aromatic rings. The van der Waals surface area contributed by atoms with Gasteiger partial charge in [0, 0.05) is 44.0 Å². The van der Waals surface area contributed by atoms with Gasteiger partial charge in [-0.2, -0.15) is 5.10 Å². The van der Waals surface area contributed by atoms with Crippen LogP contribution in [0.25, 0.3) is 0 Å². The zero-order valence-corrected chi connectivity index (χ0v) is 10.4. The fourth-order valence-electron chi connectivity index (χ4n) is 3.50. The highest BCUT2D eigenvalue weighted by Crippen LogP contribution is 2.35. The van der Waals surface area contributed by atoms with Crippen LogP contribution in [0.5, 0.6) is 0 Å². The SMILES string of the molecule is Cn1nccc1CCN1C2CCC1CC(O)C2. The van der Waals surface area contributed by atoms with Crippen LogP contribution in [0.15, 0.2) is 12.3 Å². The summed E-state index contributed by atoms with van der Waals surface area (Å²) in [5.41, 5.74) is 1.30. The molecule has 0 saturated carbocycles. The van der Waals surface area contributed by atoms with Gasteiger partial charge in [0.1, 0.15) is 0 Å². The maximum atomic E-state index is 9.76. The maximum Gasteiger partial charge on any atom is 0.0570 e. The van der Waals surface area contributed by atoms with Crippen LogP contribution in [-0.2, 0) is 13.5 Å². The van der Waals surface area contributed by atoms with Crippen molar-refractivity contribution in [3.63, 3.8) is 0 Å². The fourth-order valence-corrected chi connectivity index (χ4v) is 3.50. The average molecular weight is 235 g/mol. The van der Waals surface area contributed by atoms with Gasteiger partial charge in [-0.1, -0.05) is 0 Å². The number of piperidine rings is 1. The van der Waals surface area contributed by atoms with Gasteiger partial charge < -0.3 is 5.11 Å². The molecule has 0 spiro atoms. The molecular formula is C13H21N3O. The van der Waals surface area contributed by atoms with E-state index < -0.39 is 0 Å². The first-order chi connectivity index (χ1) is 8.24. The Bertz CT molecular complexity index is 376. The molecule has 2 unspecified atom stereocenters. The molecule has 4 heteroatoms. The number of aromatic nitrogens is 2. The Morgan fingerprint density at radius 3 is 2.65 bits per heavy atom. The summed E-state index contributed by atoms with van der Waals surface area (Å²) >= 11 is 0. The second kappa shape index (κ2) is 4.42. The minimum absolute atomic E-state index is 0.0551. The van der Waals surface area contributed by atoms with E-state index in [0.717, 1.165) is 25.8 Å². The lowest BCUT2D eigenvalue weighted by Gasteiger charge is -2.37. The first-order valence-electron chi connectivity index (χ1n) is 6.64. The lowest BCUT2D eigenvalue weighted by atomic mass is 9.99. The van der Waals surface area contributed by atoms with Gasteiger partial charge >= 0.3 is 0 Å². The van der Waals surface area contributed by atoms with Crippen molar-refractivity contribution < 1.29 is 5.11 Å². The van der Waals surface area contributed by atoms with Crippen molar-refractivity contribution in [2.24, 2.45) is 7.05 Å². The van der Waals surface area contributed by atoms with Crippen molar-refractivity contribution in [2.75, 3.05) is 6.54 Å². The van der Waals surface area contributed by atoms with Crippen LogP contribution in [0.2, 0.25) is 0 Å². The van der Waals surface area contributed by atoms with Crippen LogP contribution in [0, 0.1) is 0 Å². The monoisotopic (exact) mass is 235 g/mol. The third kappa shape index (κ3) is 2.11. The molecule has 0 aliphatic carbocycles. The van der Waals surface area contributed by atoms with Crippen molar-refractivity contribution in [2.45, 2.75) is 50.3 Å². The molecule has 4 nitrogen and oxygen atoms in total. The Labute approximate surface area is 102 Å². The summed E-state index contributed by atoms with van der Waals surface area (Å²) in [6, 6.07) is 3.34. The number of hydrogen-bond acceptors (Lipinski definition) is 3. The lowest BCUT2D eigenvalue weighted by molar-refractivity contribution is 0.0360. The second-order valence-corrected chi connectivity index (χ2v) is 5.44. The third-order valence-electron chi connectivity index (χ3n) is 4.41. The summed E-state index contributed by atoms with van der Waals surface area (Å²) in [7, 11) is 2.00. The van der Waals surface area contributed by atoms with Gasteiger partial charge in [0.05, 0.1) is 6.10 Å². The second-order valence-electron chi connectivity index (χ2n) is 5.44. The predicted molar refractivity (Wildman–Crippen MR) is 65.7 cm³/mol. The van der Waals surface area contributed by atoms with E-state index >= 15 is 0 Å². The third-order valence-corrected chi connectivity index (χ3v) is 4.41. The lowest BCUT2D eigenvalue weighted by Crippen LogP contribution is -2.45. The van der Waals surface area contributed by atoms with Gasteiger partial charge in [-0.3, -0.25) is 9.58 Å². The van der Waals surface area contributed by atoms with Crippen LogP contribution in [0.3, 0.4) is 0 Å². The molecule has 0 aromatic carbocycles. The molecular weight excluding hydrogens is 214 g/mol. The van der Waals surface area contributed by atoms with Gasteiger partial charge in [0.15, 0.2) is 0 Å². The molecule has 2 saturated heterocycles. The van der Waals surface area contributed by atoms with E-state index in [2.05, 4.69) is 16.1 Å². The molecule has 94 valence electrons. The van der Waals surface area contributed by atoms with Gasteiger partial charge in [-0.05, 0) is 31.7 Å². The number of fused-ring (bicyclic) bond motifs is 2. The number of rotatable bonds is 3. The van der Waals surface area contributed by atoms with E-state index in [1.54, 1.807) is 0 Å². The van der Waals surface area contributed by atoms with Gasteiger partial charge in [-0.15, -0.1) is 0 Å². The molecule has 2 aliphatic heterocycles. The molecule has 0 amide bonds. The molecule has 2 atom stereocenters. The van der Waals surface area contributed by atoms with E-state index in [0.29, 0.717) is 12.1 Å². The average Bonchev–Trinajstić information content (AvgIpc) is 2.79. The first-order valence-corrected chi connectivity index (χ1v) is 6.64. The molecule has 3 heterocycles. The summed E-state index contributed by atoms with van der Waals surface area (Å²) < 4.78 is 1.96. The minimum atomic E-state index is -0.0551. The Hall–Kier alpha value is -0.870. The number of hydrogen-bond donors (Lipinski definition) is 1. The summed E-state index contributed by atoms with van der Waals surface area (Å²) in [5.74, 6) is 0. The van der Waals surface area contributed by atoms with E-state index in [-0.39, 0.29) is 6.10 Å². The molecule has 2 fully saturated rings. The van der Waals surface area contributed by atoms with Gasteiger partial charge in [-0.25, -0.2) is 0 Å². The van der Waals surface area contributed by atoms with Crippen LogP contribution in [0.4, 0.5) is 0 Å². The van der Waals surface area contributed by atoms with Crippen molar-refractivity contribution in [1.29, 1.82) is 0 Å². The molecule has 1 N–H and O–H groups in total. The van der Waals surface area contributed by atoms with E-state index in [1.807, 2.05) is 17.9 Å². The largest absolute Gasteiger partial charge is 0.393 e. The van der Waals surface area contributed by atoms with Crippen LogP contribution >= 0.6 is 0 Å². The molecule has 0 radical (unpaired) electrons. The van der Waals surface area contributed by atoms with Gasteiger partial charge in [0.25, 0.3) is 0 Å². The highest BCUT2D eigenvalue weighted by Gasteiger charge is 2.39. The minimum Gasteiger partial charge on any atom is -0.393 e. The van der Waals surface area contributed by atoms with Crippen molar-refractivity contribution in [3.8, 4) is 0 Å².